The second-order valence-corrected chi connectivity index (χ2v) is 26.0. The van der Waals surface area contributed by atoms with Crippen molar-refractivity contribution >= 4 is 64.0 Å². The van der Waals surface area contributed by atoms with Gasteiger partial charge in [0.15, 0.2) is 34.8 Å². The molecule has 10 heterocycles. The highest BCUT2D eigenvalue weighted by molar-refractivity contribution is 6.34. The van der Waals surface area contributed by atoms with E-state index in [0.29, 0.717) is 62.9 Å². The molecule has 0 radical (unpaired) electrons. The number of likely N-dealkylation sites (tertiary alicyclic amines) is 1. The van der Waals surface area contributed by atoms with E-state index in [-0.39, 0.29) is 35.0 Å². The molecule has 4 aliphatic rings. The highest BCUT2D eigenvalue weighted by Crippen LogP contribution is 2.33. The Balaban J connectivity index is 0.000000141. The average molecular weight is 1340 g/mol. The SMILES string of the molecule is Cc1cc(-c2cnc(N)c(-n3cc(C(=O)N(C)c4ccccc4Cl)cn3)n2)cc2c1CCN(C)C2.Cc1cc(-c2cnc(N)c(-n3cc(C(=O)NCCN4CCCC4)cn3)n2)cc2c1CCN(C)C2.Cc1cc(-c2cnc(N)c(C(=O)Nc3ccnc(N)c3)n2)cc2c1CCN(C)C2. The molecule has 25 nitrogen and oxygen atoms in total. The molecule has 0 aliphatic carbocycles. The number of hydrogen-bond donors (Lipinski definition) is 6. The Morgan fingerprint density at radius 3 is 1.55 bits per heavy atom. The van der Waals surface area contributed by atoms with Crippen LogP contribution in [-0.4, -0.2) is 166 Å². The maximum absolute atomic E-state index is 13.1. The number of pyridine rings is 1. The van der Waals surface area contributed by atoms with Gasteiger partial charge in [-0.25, -0.2) is 44.3 Å². The zero-order valence-corrected chi connectivity index (χ0v) is 57.0. The Labute approximate surface area is 574 Å². The van der Waals surface area contributed by atoms with Crippen LogP contribution in [0.25, 0.3) is 45.4 Å². The Morgan fingerprint density at radius 2 is 1.04 bits per heavy atom. The Morgan fingerprint density at radius 1 is 0.561 bits per heavy atom. The second kappa shape index (κ2) is 29.4. The van der Waals surface area contributed by atoms with E-state index in [1.807, 2.05) is 12.1 Å². The van der Waals surface area contributed by atoms with Crippen LogP contribution in [0, 0.1) is 20.8 Å². The number of carbonyl (C=O) groups excluding carboxylic acids is 3. The van der Waals surface area contributed by atoms with Gasteiger partial charge in [0.1, 0.15) is 5.82 Å². The third-order valence-corrected chi connectivity index (χ3v) is 18.6. The number of rotatable bonds is 13. The molecule has 4 aliphatic heterocycles. The molecular weight excluding hydrogens is 1260 g/mol. The molecule has 0 saturated carbocycles. The van der Waals surface area contributed by atoms with Crippen LogP contribution in [-0.2, 0) is 38.9 Å². The minimum Gasteiger partial charge on any atom is -0.384 e. The quantitative estimate of drug-likeness (QED) is 0.0630. The molecule has 98 heavy (non-hydrogen) atoms. The maximum Gasteiger partial charge on any atom is 0.278 e. The molecule has 26 heteroatoms. The summed E-state index contributed by atoms with van der Waals surface area (Å²) in [6.07, 6.45) is 18.4. The first-order chi connectivity index (χ1) is 47.2. The van der Waals surface area contributed by atoms with Crippen LogP contribution < -0.4 is 38.5 Å². The van der Waals surface area contributed by atoms with Crippen LogP contribution in [0.15, 0.2) is 122 Å². The summed E-state index contributed by atoms with van der Waals surface area (Å²) in [6, 6.07) is 23.3. The van der Waals surface area contributed by atoms with E-state index in [2.05, 4.69) is 144 Å². The normalized spacial score (nSPS) is 14.6. The lowest BCUT2D eigenvalue weighted by Crippen LogP contribution is -2.33. The predicted octanol–water partition coefficient (Wildman–Crippen LogP) is 8.42. The molecule has 10 aromatic rings. The number of nitrogen functional groups attached to an aromatic ring is 4. The van der Waals surface area contributed by atoms with Crippen molar-refractivity contribution in [3.05, 3.63) is 194 Å². The largest absolute Gasteiger partial charge is 0.384 e. The van der Waals surface area contributed by atoms with Crippen molar-refractivity contribution in [2.24, 2.45) is 0 Å². The van der Waals surface area contributed by atoms with E-state index in [4.69, 9.17) is 44.5 Å². The van der Waals surface area contributed by atoms with Crippen molar-refractivity contribution in [3.8, 4) is 45.4 Å². The zero-order valence-electron chi connectivity index (χ0n) is 56.2. The number of anilines is 6. The van der Waals surface area contributed by atoms with E-state index in [9.17, 15) is 14.4 Å². The number of aromatic nitrogens is 11. The topological polar surface area (TPSA) is 321 Å². The van der Waals surface area contributed by atoms with Gasteiger partial charge in [0, 0.05) is 106 Å². The summed E-state index contributed by atoms with van der Waals surface area (Å²) in [6.45, 7) is 16.0. The van der Waals surface area contributed by atoms with Crippen molar-refractivity contribution in [3.63, 3.8) is 0 Å². The molecule has 0 spiro atoms. The van der Waals surface area contributed by atoms with Gasteiger partial charge in [-0.3, -0.25) is 14.4 Å². The average Bonchev–Trinajstić information content (AvgIpc) is 0.945. The van der Waals surface area contributed by atoms with Crippen molar-refractivity contribution in [2.75, 3.05) is 107 Å². The number of hydrogen-bond acceptors (Lipinski definition) is 20. The molecule has 4 aromatic carbocycles. The van der Waals surface area contributed by atoms with Gasteiger partial charge in [0.25, 0.3) is 17.7 Å². The number of carbonyl (C=O) groups is 3. The van der Waals surface area contributed by atoms with Crippen LogP contribution in [0.2, 0.25) is 5.02 Å². The second-order valence-electron chi connectivity index (χ2n) is 25.6. The van der Waals surface area contributed by atoms with E-state index < -0.39 is 5.91 Å². The summed E-state index contributed by atoms with van der Waals surface area (Å²) in [5, 5.41) is 14.9. The molecule has 504 valence electrons. The predicted molar refractivity (Wildman–Crippen MR) is 383 cm³/mol. The van der Waals surface area contributed by atoms with Crippen molar-refractivity contribution in [1.29, 1.82) is 0 Å². The lowest BCUT2D eigenvalue weighted by atomic mass is 9.92. The fraction of sp³-hybridized carbons (Fsp3) is 0.306. The smallest absolute Gasteiger partial charge is 0.278 e. The van der Waals surface area contributed by atoms with E-state index in [0.717, 1.165) is 101 Å². The van der Waals surface area contributed by atoms with Gasteiger partial charge in [-0.05, 0) is 192 Å². The van der Waals surface area contributed by atoms with Crippen LogP contribution >= 0.6 is 11.6 Å². The fourth-order valence-corrected chi connectivity index (χ4v) is 13.3. The van der Waals surface area contributed by atoms with Gasteiger partial charge in [-0.1, -0.05) is 23.7 Å². The summed E-state index contributed by atoms with van der Waals surface area (Å²) < 4.78 is 3.01. The van der Waals surface area contributed by atoms with E-state index >= 15 is 0 Å². The highest BCUT2D eigenvalue weighted by Gasteiger charge is 2.25. The summed E-state index contributed by atoms with van der Waals surface area (Å²) in [4.78, 5) is 80.0. The van der Waals surface area contributed by atoms with Gasteiger partial charge >= 0.3 is 0 Å². The number of nitrogens with two attached hydrogens (primary N) is 4. The van der Waals surface area contributed by atoms with E-state index in [1.54, 1.807) is 62.3 Å². The van der Waals surface area contributed by atoms with Gasteiger partial charge in [0.05, 0.1) is 69.9 Å². The Hall–Kier alpha value is -10.6. The van der Waals surface area contributed by atoms with Gasteiger partial charge in [0.2, 0.25) is 0 Å². The number of amides is 3. The Bertz CT molecular complexity index is 4640. The van der Waals surface area contributed by atoms with E-state index in [1.165, 1.54) is 95.8 Å². The van der Waals surface area contributed by atoms with Crippen molar-refractivity contribution < 1.29 is 14.4 Å². The fourth-order valence-electron chi connectivity index (χ4n) is 13.0. The minimum absolute atomic E-state index is 0.0719. The molecule has 6 aromatic heterocycles. The Kier molecular flexibility index (Phi) is 20.2. The first-order valence-corrected chi connectivity index (χ1v) is 33.1. The highest BCUT2D eigenvalue weighted by atomic mass is 35.5. The number of fused-ring (bicyclic) bond motifs is 3. The summed E-state index contributed by atoms with van der Waals surface area (Å²) >= 11 is 6.26. The number of para-hydroxylation sites is 1. The number of benzene rings is 4. The summed E-state index contributed by atoms with van der Waals surface area (Å²) in [7, 11) is 8.06. The van der Waals surface area contributed by atoms with Crippen LogP contribution in [0.5, 0.6) is 0 Å². The molecule has 1 saturated heterocycles. The summed E-state index contributed by atoms with van der Waals surface area (Å²) in [5.74, 6) is 0.816. The van der Waals surface area contributed by atoms with Crippen LogP contribution in [0.3, 0.4) is 0 Å². The molecular formula is C72H81ClN22O3. The number of aryl methyl sites for hydroxylation is 3. The van der Waals surface area contributed by atoms with Gasteiger partial charge in [-0.2, -0.15) is 10.2 Å². The molecule has 10 N–H and O–H groups in total. The summed E-state index contributed by atoms with van der Waals surface area (Å²) in [5.41, 5.74) is 42.8. The zero-order chi connectivity index (χ0) is 68.9. The van der Waals surface area contributed by atoms with Crippen LogP contribution in [0.1, 0.15) is 94.1 Å². The standard InChI is InChI=1S/C26H26ClN7O.C25H32N8O.C21H23N7O/c1-16-10-17(11-18-14-32(2)9-8-20(16)18)22-13-29-24(28)25(31-22)34-15-19(12-30-34)26(35)33(3)23-7-5-4-6-21(23)27;1-17-11-18(12-19-15-31(2)9-5-21(17)19)22-14-28-23(26)24(30-22)33-16-20(13-29-33)25(34)27-6-10-32-7-3-4-8-32;1-12-7-13(8-14-11-28(2)6-4-16(12)14)17-10-25-20(23)19(27-17)21(29)26-15-3-5-24-18(22)9-15/h4-7,10-13,15H,8-9,14H2,1-3H3,(H2,28,29);11-14,16H,3-10,15H2,1-2H3,(H2,26,28)(H,27,34);3,5,7-10H,4,6,11H2,1-2H3,(H2,23,25)(H3,22,24,26,29). The first kappa shape index (κ1) is 67.4. The molecule has 0 atom stereocenters. The third-order valence-electron chi connectivity index (χ3n) is 18.3. The van der Waals surface area contributed by atoms with Crippen molar-refractivity contribution in [2.45, 2.75) is 72.5 Å². The lowest BCUT2D eigenvalue weighted by molar-refractivity contribution is 0.0947. The van der Waals surface area contributed by atoms with Gasteiger partial charge in [-0.15, -0.1) is 0 Å². The monoisotopic (exact) mass is 1340 g/mol. The lowest BCUT2D eigenvalue weighted by Gasteiger charge is -2.27. The van der Waals surface area contributed by atoms with Crippen LogP contribution in [0.4, 0.5) is 34.6 Å². The number of nitrogens with zero attached hydrogens (tertiary/aromatic N) is 16. The third kappa shape index (κ3) is 15.3. The molecule has 1 fully saturated rings. The molecule has 14 rings (SSSR count). The van der Waals surface area contributed by atoms with Crippen molar-refractivity contribution in [1.82, 2.24) is 79.4 Å². The number of halogens is 1. The minimum atomic E-state index is -0.447. The maximum atomic E-state index is 13.1. The molecule has 0 unspecified atom stereocenters. The molecule has 0 bridgehead atoms. The number of nitrogens with one attached hydrogen (secondary N) is 2. The first-order valence-electron chi connectivity index (χ1n) is 32.7. The molecule has 3 amide bonds. The number of likely N-dealkylation sites (N-methyl/N-ethyl adjacent to an activating group) is 3. The van der Waals surface area contributed by atoms with Gasteiger partial charge < -0.3 is 58.1 Å².